The molecule has 1 nitrogen and oxygen atoms in total. The Balaban J connectivity index is 2.40. The van der Waals surface area contributed by atoms with Crippen molar-refractivity contribution in [2.75, 3.05) is 11.9 Å². The Kier molecular flexibility index (Phi) is 5.91. The van der Waals surface area contributed by atoms with E-state index in [1.165, 1.54) is 0 Å². The topological polar surface area (TPSA) is 12.0 Å². The zero-order valence-corrected chi connectivity index (χ0v) is 12.9. The summed E-state index contributed by atoms with van der Waals surface area (Å²) in [5.41, 5.74) is 0.457. The van der Waals surface area contributed by atoms with E-state index in [4.69, 9.17) is 0 Å². The third-order valence-electron chi connectivity index (χ3n) is 3.44. The van der Waals surface area contributed by atoms with Crippen LogP contribution in [0, 0.1) is 5.41 Å². The van der Waals surface area contributed by atoms with Crippen molar-refractivity contribution >= 4 is 17.3 Å². The van der Waals surface area contributed by atoms with Crippen molar-refractivity contribution in [3.8, 4) is 0 Å². The van der Waals surface area contributed by atoms with E-state index in [1.54, 1.807) is 13.8 Å². The smallest absolute Gasteiger partial charge is 0.384 e. The van der Waals surface area contributed by atoms with Crippen LogP contribution in [0.15, 0.2) is 30.3 Å². The Morgan fingerprint density at radius 1 is 0.952 bits per heavy atom. The number of para-hydroxylation sites is 1. The van der Waals surface area contributed by atoms with Crippen molar-refractivity contribution in [3.05, 3.63) is 30.3 Å². The van der Waals surface area contributed by atoms with Gasteiger partial charge in [-0.3, -0.25) is 0 Å². The van der Waals surface area contributed by atoms with Crippen LogP contribution in [-0.2, 0) is 0 Å². The lowest BCUT2D eigenvalue weighted by atomic mass is 9.83. The van der Waals surface area contributed by atoms with E-state index in [-0.39, 0.29) is 6.42 Å². The molecule has 0 aliphatic rings. The van der Waals surface area contributed by atoms with Crippen LogP contribution in [0.5, 0.6) is 0 Å². The summed E-state index contributed by atoms with van der Waals surface area (Å²) >= 11 is 4.44. The van der Waals surface area contributed by atoms with Gasteiger partial charge in [-0.2, -0.15) is 17.6 Å². The molecule has 1 aromatic rings. The number of hydrogen-bond donors (Lipinski definition) is 1. The fourth-order valence-corrected chi connectivity index (χ4v) is 1.96. The molecule has 0 radical (unpaired) electrons. The molecular formula is C15H20ClF4N. The molecule has 6 heteroatoms. The second kappa shape index (κ2) is 6.86. The normalized spacial score (nSPS) is 13.3. The monoisotopic (exact) mass is 325 g/mol. The van der Waals surface area contributed by atoms with Gasteiger partial charge in [-0.25, -0.2) is 0 Å². The highest BCUT2D eigenvalue weighted by Crippen LogP contribution is 2.43. The number of benzene rings is 1. The van der Waals surface area contributed by atoms with Crippen LogP contribution in [0.1, 0.15) is 33.1 Å². The fourth-order valence-electron chi connectivity index (χ4n) is 1.86. The quantitative estimate of drug-likeness (QED) is 0.473. The Morgan fingerprint density at radius 2 is 1.52 bits per heavy atom. The lowest BCUT2D eigenvalue weighted by molar-refractivity contribution is -0.164. The maximum atomic E-state index is 13.2. The van der Waals surface area contributed by atoms with Crippen molar-refractivity contribution in [1.82, 2.24) is 0 Å². The molecule has 0 heterocycles. The van der Waals surface area contributed by atoms with Gasteiger partial charge in [0.1, 0.15) is 0 Å². The molecule has 0 spiro atoms. The summed E-state index contributed by atoms with van der Waals surface area (Å²) < 4.78 is 51.4. The Labute approximate surface area is 127 Å². The van der Waals surface area contributed by atoms with Crippen LogP contribution in [0.3, 0.4) is 0 Å². The molecule has 1 N–H and O–H groups in total. The minimum atomic E-state index is -4.49. The van der Waals surface area contributed by atoms with Gasteiger partial charge >= 0.3 is 11.3 Å². The van der Waals surface area contributed by atoms with Gasteiger partial charge in [-0.1, -0.05) is 32.0 Å². The first kappa shape index (κ1) is 18.1. The highest BCUT2D eigenvalue weighted by atomic mass is 35.5. The zero-order chi connectivity index (χ0) is 16.1. The molecular weight excluding hydrogens is 306 g/mol. The van der Waals surface area contributed by atoms with Crippen LogP contribution in [0.4, 0.5) is 23.2 Å². The second-order valence-corrected chi connectivity index (χ2v) is 6.38. The summed E-state index contributed by atoms with van der Waals surface area (Å²) in [6, 6.07) is 9.46. The number of nitrogens with one attached hydrogen (secondary N) is 1. The average Bonchev–Trinajstić information content (AvgIpc) is 2.36. The van der Waals surface area contributed by atoms with E-state index in [0.29, 0.717) is 13.0 Å². The molecule has 0 aliphatic carbocycles. The average molecular weight is 326 g/mol. The molecule has 0 aromatic heterocycles. The van der Waals surface area contributed by atoms with Crippen LogP contribution >= 0.6 is 11.6 Å². The highest BCUT2D eigenvalue weighted by molar-refractivity contribution is 6.22. The first-order valence-corrected chi connectivity index (χ1v) is 7.15. The number of rotatable bonds is 8. The molecule has 1 aromatic carbocycles. The van der Waals surface area contributed by atoms with Gasteiger partial charge in [0.05, 0.1) is 0 Å². The van der Waals surface area contributed by atoms with Crippen LogP contribution in [-0.4, -0.2) is 17.8 Å². The van der Waals surface area contributed by atoms with Crippen molar-refractivity contribution in [3.63, 3.8) is 0 Å². The summed E-state index contributed by atoms with van der Waals surface area (Å²) in [4.78, 5) is 0. The summed E-state index contributed by atoms with van der Waals surface area (Å²) in [5, 5.41) is -1.33. The van der Waals surface area contributed by atoms with Crippen LogP contribution < -0.4 is 5.32 Å². The molecule has 0 amide bonds. The van der Waals surface area contributed by atoms with E-state index >= 15 is 0 Å². The fraction of sp³-hybridized carbons (Fsp3) is 0.600. The summed E-state index contributed by atoms with van der Waals surface area (Å²) in [5.74, 6) is -4.18. The molecule has 1 rings (SSSR count). The SMILES string of the molecule is CC(C)(CCNc1ccccc1)CCC(F)(F)C(F)(F)Cl. The van der Waals surface area contributed by atoms with Crippen molar-refractivity contribution < 1.29 is 17.6 Å². The minimum absolute atomic E-state index is 0.0290. The summed E-state index contributed by atoms with van der Waals surface area (Å²) in [7, 11) is 0. The molecule has 0 unspecified atom stereocenters. The third-order valence-corrected chi connectivity index (χ3v) is 3.71. The molecule has 0 aliphatic heterocycles. The van der Waals surface area contributed by atoms with Gasteiger partial charge in [0.2, 0.25) is 0 Å². The van der Waals surface area contributed by atoms with Gasteiger partial charge in [-0.05, 0) is 42.0 Å². The van der Waals surface area contributed by atoms with Crippen molar-refractivity contribution in [2.24, 2.45) is 5.41 Å². The maximum Gasteiger partial charge on any atom is 0.384 e. The van der Waals surface area contributed by atoms with Crippen LogP contribution in [0.25, 0.3) is 0 Å². The number of anilines is 1. The number of hydrogen-bond acceptors (Lipinski definition) is 1. The first-order valence-electron chi connectivity index (χ1n) is 6.77. The molecule has 0 saturated carbocycles. The highest BCUT2D eigenvalue weighted by Gasteiger charge is 2.54. The Hall–Kier alpha value is -0.970. The molecule has 120 valence electrons. The number of alkyl halides is 5. The van der Waals surface area contributed by atoms with E-state index in [2.05, 4.69) is 16.9 Å². The predicted octanol–water partition coefficient (Wildman–Crippen LogP) is 5.76. The van der Waals surface area contributed by atoms with Crippen molar-refractivity contribution in [2.45, 2.75) is 44.4 Å². The largest absolute Gasteiger partial charge is 0.385 e. The predicted molar refractivity (Wildman–Crippen MR) is 78.3 cm³/mol. The third kappa shape index (κ3) is 6.12. The van der Waals surface area contributed by atoms with E-state index < -0.39 is 23.1 Å². The minimum Gasteiger partial charge on any atom is -0.385 e. The lowest BCUT2D eigenvalue weighted by Gasteiger charge is -2.28. The van der Waals surface area contributed by atoms with Gasteiger partial charge < -0.3 is 5.32 Å². The second-order valence-electron chi connectivity index (χ2n) is 5.91. The van der Waals surface area contributed by atoms with Gasteiger partial charge in [0.25, 0.3) is 0 Å². The van der Waals surface area contributed by atoms with Gasteiger partial charge in [0.15, 0.2) is 0 Å². The molecule has 0 fully saturated rings. The standard InChI is InChI=1S/C15H20ClF4N/c1-13(2,8-9-14(17,18)15(16,19)20)10-11-21-12-6-4-3-5-7-12/h3-7,21H,8-11H2,1-2H3. The van der Waals surface area contributed by atoms with Gasteiger partial charge in [-0.15, -0.1) is 0 Å². The zero-order valence-electron chi connectivity index (χ0n) is 12.1. The van der Waals surface area contributed by atoms with Crippen LogP contribution in [0.2, 0.25) is 0 Å². The summed E-state index contributed by atoms with van der Waals surface area (Å²) in [6.07, 6.45) is -0.369. The van der Waals surface area contributed by atoms with E-state index in [1.807, 2.05) is 30.3 Å². The summed E-state index contributed by atoms with van der Waals surface area (Å²) in [6.45, 7) is 4.14. The Morgan fingerprint density at radius 3 is 2.05 bits per heavy atom. The molecule has 0 saturated heterocycles. The van der Waals surface area contributed by atoms with Gasteiger partial charge in [0, 0.05) is 18.7 Å². The Bertz CT molecular complexity index is 429. The number of halogens is 5. The van der Waals surface area contributed by atoms with E-state index in [0.717, 1.165) is 5.69 Å². The first-order chi connectivity index (χ1) is 9.54. The molecule has 0 bridgehead atoms. The molecule has 21 heavy (non-hydrogen) atoms. The van der Waals surface area contributed by atoms with E-state index in [9.17, 15) is 17.6 Å². The lowest BCUT2D eigenvalue weighted by Crippen LogP contribution is -2.36. The van der Waals surface area contributed by atoms with Crippen molar-refractivity contribution in [1.29, 1.82) is 0 Å². The molecule has 0 atom stereocenters. The maximum absolute atomic E-state index is 13.2.